The quantitative estimate of drug-likeness (QED) is 0.491. The van der Waals surface area contributed by atoms with Gasteiger partial charge in [0.25, 0.3) is 5.91 Å². The summed E-state index contributed by atoms with van der Waals surface area (Å²) in [4.78, 5) is 21.8. The number of Topliss-reactive ketones (excluding diaryl/α,β-unsaturated/α-hetero) is 1. The van der Waals surface area contributed by atoms with E-state index in [9.17, 15) is 9.59 Å². The molecule has 0 aromatic heterocycles. The first-order valence-corrected chi connectivity index (χ1v) is 3.40. The van der Waals surface area contributed by atoms with Crippen LogP contribution in [0.5, 0.6) is 0 Å². The van der Waals surface area contributed by atoms with Gasteiger partial charge in [-0.3, -0.25) is 9.59 Å². The molecular formula is C7H10N2O2. The number of amides is 1. The number of nitrogens with two attached hydrogens (primary N) is 1. The van der Waals surface area contributed by atoms with Crippen molar-refractivity contribution in [2.24, 2.45) is 5.73 Å². The molecule has 0 fully saturated rings. The number of carbonyl (C=O) groups excluding carboxylic acids is 2. The Hall–Kier alpha value is -1.32. The fourth-order valence-electron chi connectivity index (χ4n) is 1.06. The number of hydrogen-bond acceptors (Lipinski definition) is 3. The second-order valence-corrected chi connectivity index (χ2v) is 2.46. The van der Waals surface area contributed by atoms with Gasteiger partial charge in [-0.05, 0) is 6.92 Å². The molecular weight excluding hydrogens is 144 g/mol. The number of ketones is 1. The van der Waals surface area contributed by atoms with E-state index in [4.69, 9.17) is 5.73 Å². The summed E-state index contributed by atoms with van der Waals surface area (Å²) in [6.07, 6.45) is 0.570. The maximum atomic E-state index is 11.0. The van der Waals surface area contributed by atoms with E-state index in [0.717, 1.165) is 0 Å². The molecule has 0 atom stereocenters. The first-order chi connectivity index (χ1) is 5.13. The Labute approximate surface area is 64.4 Å². The third-order valence-corrected chi connectivity index (χ3v) is 1.58. The van der Waals surface area contributed by atoms with E-state index in [0.29, 0.717) is 18.7 Å². The Morgan fingerprint density at radius 1 is 1.64 bits per heavy atom. The zero-order valence-electron chi connectivity index (χ0n) is 6.31. The summed E-state index contributed by atoms with van der Waals surface area (Å²) < 4.78 is 0. The number of hydrogen-bond donors (Lipinski definition) is 2. The van der Waals surface area contributed by atoms with E-state index in [-0.39, 0.29) is 17.3 Å². The molecule has 0 aromatic rings. The minimum Gasteiger partial charge on any atom is -0.401 e. The molecule has 60 valence electrons. The molecule has 1 heterocycles. The Balaban J connectivity index is 3.01. The van der Waals surface area contributed by atoms with Crippen molar-refractivity contribution < 1.29 is 9.59 Å². The zero-order valence-corrected chi connectivity index (χ0v) is 6.31. The molecule has 4 heteroatoms. The van der Waals surface area contributed by atoms with Crippen LogP contribution in [-0.2, 0) is 9.59 Å². The van der Waals surface area contributed by atoms with Crippen LogP contribution < -0.4 is 11.1 Å². The molecule has 11 heavy (non-hydrogen) atoms. The van der Waals surface area contributed by atoms with Crippen molar-refractivity contribution in [1.29, 1.82) is 0 Å². The lowest BCUT2D eigenvalue weighted by molar-refractivity contribution is -0.122. The highest BCUT2D eigenvalue weighted by atomic mass is 16.2. The van der Waals surface area contributed by atoms with Crippen LogP contribution in [0.3, 0.4) is 0 Å². The Morgan fingerprint density at radius 3 is 2.64 bits per heavy atom. The van der Waals surface area contributed by atoms with Crippen molar-refractivity contribution in [3.05, 3.63) is 11.3 Å². The number of carbonyl (C=O) groups is 2. The highest BCUT2D eigenvalue weighted by Crippen LogP contribution is 2.08. The van der Waals surface area contributed by atoms with E-state index in [1.165, 1.54) is 6.92 Å². The standard InChI is InChI=1S/C7H10N2O2/c1-4(10)6-5(8)2-3-9-7(6)11/h2-3,8H2,1H3,(H,9,11). The molecule has 0 spiro atoms. The van der Waals surface area contributed by atoms with Gasteiger partial charge >= 0.3 is 0 Å². The monoisotopic (exact) mass is 154 g/mol. The van der Waals surface area contributed by atoms with Gasteiger partial charge in [0.2, 0.25) is 0 Å². The van der Waals surface area contributed by atoms with E-state index < -0.39 is 0 Å². The summed E-state index contributed by atoms with van der Waals surface area (Å²) >= 11 is 0. The first-order valence-electron chi connectivity index (χ1n) is 3.40. The summed E-state index contributed by atoms with van der Waals surface area (Å²) in [5.74, 6) is -0.610. The van der Waals surface area contributed by atoms with Crippen LogP contribution in [0.15, 0.2) is 11.3 Å². The molecule has 0 radical (unpaired) electrons. The lowest BCUT2D eigenvalue weighted by Gasteiger charge is -2.15. The fraction of sp³-hybridized carbons (Fsp3) is 0.429. The predicted molar refractivity (Wildman–Crippen MR) is 39.5 cm³/mol. The van der Waals surface area contributed by atoms with Gasteiger partial charge < -0.3 is 11.1 Å². The second kappa shape index (κ2) is 2.74. The Kier molecular flexibility index (Phi) is 1.94. The molecule has 0 saturated carbocycles. The van der Waals surface area contributed by atoms with Crippen molar-refractivity contribution in [3.63, 3.8) is 0 Å². The van der Waals surface area contributed by atoms with Crippen molar-refractivity contribution >= 4 is 11.7 Å². The van der Waals surface area contributed by atoms with E-state index in [1.807, 2.05) is 0 Å². The molecule has 1 rings (SSSR count). The topological polar surface area (TPSA) is 72.2 Å². The third kappa shape index (κ3) is 1.39. The maximum Gasteiger partial charge on any atom is 0.256 e. The SMILES string of the molecule is CC(=O)C1=C(N)CCNC1=O. The van der Waals surface area contributed by atoms with E-state index >= 15 is 0 Å². The molecule has 0 unspecified atom stereocenters. The van der Waals surface area contributed by atoms with Crippen molar-refractivity contribution in [2.75, 3.05) is 6.54 Å². The van der Waals surface area contributed by atoms with Gasteiger partial charge in [0.15, 0.2) is 5.78 Å². The summed E-state index contributed by atoms with van der Waals surface area (Å²) in [6, 6.07) is 0. The smallest absolute Gasteiger partial charge is 0.256 e. The highest BCUT2D eigenvalue weighted by molar-refractivity contribution is 6.19. The van der Waals surface area contributed by atoms with Crippen LogP contribution in [-0.4, -0.2) is 18.2 Å². The molecule has 1 aliphatic rings. The van der Waals surface area contributed by atoms with Crippen LogP contribution in [0.2, 0.25) is 0 Å². The van der Waals surface area contributed by atoms with Crippen molar-refractivity contribution in [1.82, 2.24) is 5.32 Å². The third-order valence-electron chi connectivity index (χ3n) is 1.58. The largest absolute Gasteiger partial charge is 0.401 e. The predicted octanol–water partition coefficient (Wildman–Crippen LogP) is -0.692. The second-order valence-electron chi connectivity index (χ2n) is 2.46. The molecule has 1 amide bonds. The normalized spacial score (nSPS) is 18.1. The average molecular weight is 154 g/mol. The first kappa shape index (κ1) is 7.78. The summed E-state index contributed by atoms with van der Waals surface area (Å²) in [5, 5.41) is 2.55. The van der Waals surface area contributed by atoms with Crippen LogP contribution in [0.1, 0.15) is 13.3 Å². The van der Waals surface area contributed by atoms with Gasteiger partial charge in [0.05, 0.1) is 0 Å². The lowest BCUT2D eigenvalue weighted by Crippen LogP contribution is -2.36. The van der Waals surface area contributed by atoms with Gasteiger partial charge in [-0.25, -0.2) is 0 Å². The minimum atomic E-state index is -0.346. The Bertz CT molecular complexity index is 243. The van der Waals surface area contributed by atoms with Crippen LogP contribution in [0.4, 0.5) is 0 Å². The average Bonchev–Trinajstić information content (AvgIpc) is 1.85. The minimum absolute atomic E-state index is 0.122. The lowest BCUT2D eigenvalue weighted by atomic mass is 10.0. The number of rotatable bonds is 1. The van der Waals surface area contributed by atoms with Crippen LogP contribution in [0, 0.1) is 0 Å². The van der Waals surface area contributed by atoms with Crippen molar-refractivity contribution in [2.45, 2.75) is 13.3 Å². The molecule has 0 bridgehead atoms. The van der Waals surface area contributed by atoms with Gasteiger partial charge in [-0.1, -0.05) is 0 Å². The molecule has 3 N–H and O–H groups in total. The summed E-state index contributed by atoms with van der Waals surface area (Å²) in [5.41, 5.74) is 5.99. The highest BCUT2D eigenvalue weighted by Gasteiger charge is 2.21. The fourth-order valence-corrected chi connectivity index (χ4v) is 1.06. The van der Waals surface area contributed by atoms with Gasteiger partial charge in [0, 0.05) is 18.7 Å². The van der Waals surface area contributed by atoms with Gasteiger partial charge in [0.1, 0.15) is 5.57 Å². The molecule has 0 aliphatic carbocycles. The van der Waals surface area contributed by atoms with E-state index in [2.05, 4.69) is 5.32 Å². The maximum absolute atomic E-state index is 11.0. The van der Waals surface area contributed by atoms with Gasteiger partial charge in [-0.2, -0.15) is 0 Å². The Morgan fingerprint density at radius 2 is 2.27 bits per heavy atom. The van der Waals surface area contributed by atoms with Crippen LogP contribution >= 0.6 is 0 Å². The van der Waals surface area contributed by atoms with E-state index in [1.54, 1.807) is 0 Å². The van der Waals surface area contributed by atoms with Crippen molar-refractivity contribution in [3.8, 4) is 0 Å². The molecule has 0 saturated heterocycles. The van der Waals surface area contributed by atoms with Gasteiger partial charge in [-0.15, -0.1) is 0 Å². The molecule has 0 aromatic carbocycles. The summed E-state index contributed by atoms with van der Waals surface area (Å²) in [6.45, 7) is 1.87. The van der Waals surface area contributed by atoms with Crippen LogP contribution in [0.25, 0.3) is 0 Å². The molecule has 4 nitrogen and oxygen atoms in total. The summed E-state index contributed by atoms with van der Waals surface area (Å²) in [7, 11) is 0. The molecule has 1 aliphatic heterocycles. The number of nitrogens with one attached hydrogen (secondary N) is 1. The zero-order chi connectivity index (χ0) is 8.43.